The van der Waals surface area contributed by atoms with Gasteiger partial charge in [-0.3, -0.25) is 4.57 Å². The maximum atomic E-state index is 9.27. The van der Waals surface area contributed by atoms with Crippen molar-refractivity contribution in [3.8, 4) is 11.8 Å². The maximum absolute atomic E-state index is 9.27. The van der Waals surface area contributed by atoms with Crippen molar-refractivity contribution in [3.05, 3.63) is 39.3 Å². The SMILES string of the molecule is Cc1nn(C)c2c1[nH]c(=S)n2-c1cc(Cl)ccc1C#N. The molecule has 0 saturated heterocycles. The number of aromatic amines is 1. The van der Waals surface area contributed by atoms with Gasteiger partial charge in [0.2, 0.25) is 0 Å². The van der Waals surface area contributed by atoms with Crippen LogP contribution in [-0.2, 0) is 7.05 Å². The molecule has 0 unspecified atom stereocenters. The Balaban J connectivity index is 2.47. The summed E-state index contributed by atoms with van der Waals surface area (Å²) in [4.78, 5) is 3.13. The van der Waals surface area contributed by atoms with Crippen molar-refractivity contribution in [2.45, 2.75) is 6.92 Å². The van der Waals surface area contributed by atoms with Gasteiger partial charge in [0.15, 0.2) is 10.4 Å². The van der Waals surface area contributed by atoms with Crippen molar-refractivity contribution in [3.63, 3.8) is 0 Å². The van der Waals surface area contributed by atoms with Crippen LogP contribution in [0.1, 0.15) is 11.3 Å². The molecular weight excluding hydrogens is 294 g/mol. The molecule has 0 amide bonds. The minimum Gasteiger partial charge on any atom is -0.327 e. The fraction of sp³-hybridized carbons (Fsp3) is 0.154. The van der Waals surface area contributed by atoms with Crippen LogP contribution in [0.15, 0.2) is 18.2 Å². The van der Waals surface area contributed by atoms with E-state index in [9.17, 15) is 5.26 Å². The van der Waals surface area contributed by atoms with Crippen LogP contribution >= 0.6 is 23.8 Å². The van der Waals surface area contributed by atoms with E-state index in [0.29, 0.717) is 21.0 Å². The summed E-state index contributed by atoms with van der Waals surface area (Å²) >= 11 is 11.4. The summed E-state index contributed by atoms with van der Waals surface area (Å²) in [6.07, 6.45) is 0. The minimum absolute atomic E-state index is 0.505. The van der Waals surface area contributed by atoms with Crippen LogP contribution in [0, 0.1) is 23.0 Å². The molecule has 1 N–H and O–H groups in total. The molecule has 0 bridgehead atoms. The number of H-pyrrole nitrogens is 1. The van der Waals surface area contributed by atoms with Crippen molar-refractivity contribution in [2.75, 3.05) is 0 Å². The van der Waals surface area contributed by atoms with Gasteiger partial charge in [-0.15, -0.1) is 0 Å². The number of hydrogen-bond donors (Lipinski definition) is 1. The lowest BCUT2D eigenvalue weighted by molar-refractivity contribution is 0.759. The number of halogens is 1. The van der Waals surface area contributed by atoms with Gasteiger partial charge in [-0.25, -0.2) is 4.68 Å². The van der Waals surface area contributed by atoms with E-state index in [1.807, 2.05) is 14.0 Å². The predicted octanol–water partition coefficient (Wildman–Crippen LogP) is 3.26. The topological polar surface area (TPSA) is 62.3 Å². The van der Waals surface area contributed by atoms with E-state index < -0.39 is 0 Å². The molecular formula is C13H10ClN5S. The predicted molar refractivity (Wildman–Crippen MR) is 79.7 cm³/mol. The van der Waals surface area contributed by atoms with Crippen LogP contribution in [0.3, 0.4) is 0 Å². The molecule has 0 atom stereocenters. The van der Waals surface area contributed by atoms with Gasteiger partial charge >= 0.3 is 0 Å². The molecule has 0 aliphatic heterocycles. The first-order valence-corrected chi connectivity index (χ1v) is 6.66. The molecule has 3 rings (SSSR count). The van der Waals surface area contributed by atoms with E-state index in [2.05, 4.69) is 16.2 Å². The molecule has 1 aromatic carbocycles. The van der Waals surface area contributed by atoms with Crippen LogP contribution in [-0.4, -0.2) is 19.3 Å². The summed E-state index contributed by atoms with van der Waals surface area (Å²) in [6.45, 7) is 1.90. The quantitative estimate of drug-likeness (QED) is 0.702. The van der Waals surface area contributed by atoms with Crippen LogP contribution < -0.4 is 0 Å². The summed E-state index contributed by atoms with van der Waals surface area (Å²) in [7, 11) is 1.84. The molecule has 2 aromatic heterocycles. The number of hydrogen-bond acceptors (Lipinski definition) is 3. The highest BCUT2D eigenvalue weighted by atomic mass is 35.5. The number of rotatable bonds is 1. The highest BCUT2D eigenvalue weighted by Gasteiger charge is 2.16. The molecule has 2 heterocycles. The molecule has 3 aromatic rings. The number of aromatic nitrogens is 4. The standard InChI is InChI=1S/C13H10ClN5S/c1-7-11-12(18(2)17-7)19(13(20)16-11)10-5-9(14)4-3-8(10)6-15/h3-5H,1-2H3,(H,16,20). The molecule has 20 heavy (non-hydrogen) atoms. The Labute approximate surface area is 125 Å². The minimum atomic E-state index is 0.505. The van der Waals surface area contributed by atoms with Crippen LogP contribution in [0.5, 0.6) is 0 Å². The Morgan fingerprint density at radius 3 is 2.90 bits per heavy atom. The van der Waals surface area contributed by atoms with E-state index in [1.54, 1.807) is 27.4 Å². The zero-order chi connectivity index (χ0) is 14.4. The maximum Gasteiger partial charge on any atom is 0.184 e. The lowest BCUT2D eigenvalue weighted by Gasteiger charge is -2.07. The van der Waals surface area contributed by atoms with E-state index in [-0.39, 0.29) is 0 Å². The van der Waals surface area contributed by atoms with Gasteiger partial charge in [0.25, 0.3) is 0 Å². The van der Waals surface area contributed by atoms with Crippen LogP contribution in [0.2, 0.25) is 5.02 Å². The number of nitrogens with zero attached hydrogens (tertiary/aromatic N) is 4. The fourth-order valence-corrected chi connectivity index (χ4v) is 2.77. The molecule has 5 nitrogen and oxygen atoms in total. The summed E-state index contributed by atoms with van der Waals surface area (Å²) in [5, 5.41) is 14.2. The second kappa shape index (κ2) is 4.47. The van der Waals surface area contributed by atoms with Gasteiger partial charge < -0.3 is 4.98 Å². The third-order valence-corrected chi connectivity index (χ3v) is 3.68. The summed E-state index contributed by atoms with van der Waals surface area (Å²) < 4.78 is 4.03. The number of imidazole rings is 1. The largest absolute Gasteiger partial charge is 0.327 e. The highest BCUT2D eigenvalue weighted by Crippen LogP contribution is 2.25. The van der Waals surface area contributed by atoms with E-state index >= 15 is 0 Å². The van der Waals surface area contributed by atoms with Gasteiger partial charge in [-0.2, -0.15) is 10.4 Å². The summed E-state index contributed by atoms with van der Waals surface area (Å²) in [5.74, 6) is 0. The number of fused-ring (bicyclic) bond motifs is 1. The van der Waals surface area contributed by atoms with E-state index in [4.69, 9.17) is 23.8 Å². The number of nitrogens with one attached hydrogen (secondary N) is 1. The van der Waals surface area contributed by atoms with Crippen molar-refractivity contribution in [1.82, 2.24) is 19.3 Å². The number of benzene rings is 1. The monoisotopic (exact) mass is 303 g/mol. The van der Waals surface area contributed by atoms with Crippen LogP contribution in [0.25, 0.3) is 16.9 Å². The molecule has 0 aliphatic carbocycles. The Morgan fingerprint density at radius 1 is 1.45 bits per heavy atom. The zero-order valence-corrected chi connectivity index (χ0v) is 12.4. The van der Waals surface area contributed by atoms with Gasteiger partial charge in [-0.1, -0.05) is 11.6 Å². The highest BCUT2D eigenvalue weighted by molar-refractivity contribution is 7.71. The molecule has 0 fully saturated rings. The van der Waals surface area contributed by atoms with Gasteiger partial charge in [0.05, 0.1) is 16.9 Å². The number of aryl methyl sites for hydroxylation is 2. The average molecular weight is 304 g/mol. The summed E-state index contributed by atoms with van der Waals surface area (Å²) in [6, 6.07) is 7.26. The zero-order valence-electron chi connectivity index (χ0n) is 10.8. The van der Waals surface area contributed by atoms with Crippen LogP contribution in [0.4, 0.5) is 0 Å². The van der Waals surface area contributed by atoms with Gasteiger partial charge in [0, 0.05) is 12.1 Å². The van der Waals surface area contributed by atoms with E-state index in [1.165, 1.54) is 0 Å². The molecule has 7 heteroatoms. The Morgan fingerprint density at radius 2 is 2.20 bits per heavy atom. The first-order chi connectivity index (χ1) is 9.52. The first kappa shape index (κ1) is 12.9. The van der Waals surface area contributed by atoms with E-state index in [0.717, 1.165) is 16.9 Å². The van der Waals surface area contributed by atoms with Gasteiger partial charge in [0.1, 0.15) is 11.6 Å². The molecule has 0 saturated carbocycles. The second-order valence-electron chi connectivity index (χ2n) is 4.45. The Bertz CT molecular complexity index is 925. The lowest BCUT2D eigenvalue weighted by Crippen LogP contribution is -2.02. The Hall–Kier alpha value is -2.10. The van der Waals surface area contributed by atoms with Gasteiger partial charge in [-0.05, 0) is 37.3 Å². The second-order valence-corrected chi connectivity index (χ2v) is 5.27. The smallest absolute Gasteiger partial charge is 0.184 e. The molecule has 0 aliphatic rings. The third-order valence-electron chi connectivity index (χ3n) is 3.16. The lowest BCUT2D eigenvalue weighted by atomic mass is 10.2. The average Bonchev–Trinajstić information content (AvgIpc) is 2.88. The van der Waals surface area contributed by atoms with Crippen molar-refractivity contribution in [2.24, 2.45) is 7.05 Å². The summed E-state index contributed by atoms with van der Waals surface area (Å²) in [5.41, 5.74) is 3.69. The normalized spacial score (nSPS) is 10.9. The van der Waals surface area contributed by atoms with Crippen molar-refractivity contribution in [1.29, 1.82) is 5.26 Å². The van der Waals surface area contributed by atoms with Crippen molar-refractivity contribution >= 4 is 35.0 Å². The first-order valence-electron chi connectivity index (χ1n) is 5.87. The fourth-order valence-electron chi connectivity index (χ4n) is 2.32. The Kier molecular flexibility index (Phi) is 2.89. The number of nitriles is 1. The molecule has 0 spiro atoms. The van der Waals surface area contributed by atoms with Crippen molar-refractivity contribution < 1.29 is 0 Å². The third kappa shape index (κ3) is 1.75. The molecule has 0 radical (unpaired) electrons. The molecule has 100 valence electrons.